The summed E-state index contributed by atoms with van der Waals surface area (Å²) >= 11 is 1.90. The van der Waals surface area contributed by atoms with Gasteiger partial charge in [0.1, 0.15) is 0 Å². The molecule has 0 nitrogen and oxygen atoms in total. The summed E-state index contributed by atoms with van der Waals surface area (Å²) in [5.41, 5.74) is 2.99. The Hall–Kier alpha value is -0.950. The molecule has 16 heavy (non-hydrogen) atoms. The molecule has 1 aromatic carbocycles. The molecule has 0 saturated carbocycles. The van der Waals surface area contributed by atoms with Crippen molar-refractivity contribution in [1.29, 1.82) is 0 Å². The molecular formula is C15H18S. The molecule has 0 spiro atoms. The highest BCUT2D eigenvalue weighted by Crippen LogP contribution is 2.48. The van der Waals surface area contributed by atoms with Gasteiger partial charge in [-0.3, -0.25) is 0 Å². The molecule has 1 aliphatic rings. The number of allylic oxidation sites excluding steroid dienone is 3. The molecule has 0 bridgehead atoms. The van der Waals surface area contributed by atoms with E-state index < -0.39 is 0 Å². The van der Waals surface area contributed by atoms with Crippen molar-refractivity contribution in [2.24, 2.45) is 0 Å². The standard InChI is InChI=1S/C15H18S/c1-4-11-12(5-2)14(6-3)16-15-10-8-7-9-13(11)15/h5-11H,4H2,1-3H3/b12-5?,14-6+. The van der Waals surface area contributed by atoms with Crippen LogP contribution in [0.15, 0.2) is 51.8 Å². The molecule has 1 heteroatoms. The lowest BCUT2D eigenvalue weighted by atomic mass is 9.87. The van der Waals surface area contributed by atoms with Gasteiger partial charge in [-0.2, -0.15) is 0 Å². The highest BCUT2D eigenvalue weighted by molar-refractivity contribution is 8.03. The summed E-state index contributed by atoms with van der Waals surface area (Å²) in [6, 6.07) is 8.79. The molecule has 1 atom stereocenters. The van der Waals surface area contributed by atoms with Crippen molar-refractivity contribution in [3.8, 4) is 0 Å². The summed E-state index contributed by atoms with van der Waals surface area (Å²) in [6.07, 6.45) is 5.68. The monoisotopic (exact) mass is 230 g/mol. The molecule has 0 N–H and O–H groups in total. The molecule has 0 fully saturated rings. The molecule has 1 heterocycles. The fourth-order valence-electron chi connectivity index (χ4n) is 2.39. The molecule has 0 radical (unpaired) electrons. The number of hydrogen-bond donors (Lipinski definition) is 0. The van der Waals surface area contributed by atoms with Gasteiger partial charge in [0.05, 0.1) is 0 Å². The van der Waals surface area contributed by atoms with E-state index in [0.717, 1.165) is 0 Å². The SMILES string of the molecule is CC=C1/C(=C\C)Sc2ccccc2C1CC. The van der Waals surface area contributed by atoms with Crippen LogP contribution in [0.5, 0.6) is 0 Å². The fourth-order valence-corrected chi connectivity index (χ4v) is 3.59. The quantitative estimate of drug-likeness (QED) is 0.644. The Balaban J connectivity index is 2.56. The third-order valence-corrected chi connectivity index (χ3v) is 4.44. The molecule has 1 aliphatic heterocycles. The first-order valence-electron chi connectivity index (χ1n) is 5.91. The Morgan fingerprint density at radius 3 is 2.56 bits per heavy atom. The second-order valence-corrected chi connectivity index (χ2v) is 5.08. The molecule has 0 amide bonds. The summed E-state index contributed by atoms with van der Waals surface area (Å²) < 4.78 is 0. The summed E-state index contributed by atoms with van der Waals surface area (Å²) in [5.74, 6) is 0.577. The number of fused-ring (bicyclic) bond motifs is 1. The molecule has 0 aromatic heterocycles. The van der Waals surface area contributed by atoms with Gasteiger partial charge in [-0.25, -0.2) is 0 Å². The number of rotatable bonds is 1. The van der Waals surface area contributed by atoms with Crippen molar-refractivity contribution < 1.29 is 0 Å². The zero-order chi connectivity index (χ0) is 11.5. The van der Waals surface area contributed by atoms with E-state index in [1.807, 2.05) is 11.8 Å². The summed E-state index contributed by atoms with van der Waals surface area (Å²) in [6.45, 7) is 6.55. The van der Waals surface area contributed by atoms with Crippen LogP contribution in [0.1, 0.15) is 38.7 Å². The van der Waals surface area contributed by atoms with Crippen LogP contribution in [-0.4, -0.2) is 0 Å². The maximum Gasteiger partial charge on any atom is 0.0160 e. The van der Waals surface area contributed by atoms with Gasteiger partial charge in [-0.1, -0.05) is 49.0 Å². The highest BCUT2D eigenvalue weighted by atomic mass is 32.2. The van der Waals surface area contributed by atoms with Gasteiger partial charge < -0.3 is 0 Å². The molecule has 84 valence electrons. The predicted octanol–water partition coefficient (Wildman–Crippen LogP) is 5.14. The fraction of sp³-hybridized carbons (Fsp3) is 0.333. The van der Waals surface area contributed by atoms with E-state index in [4.69, 9.17) is 0 Å². The normalized spacial score (nSPS) is 24.8. The molecule has 0 saturated heterocycles. The summed E-state index contributed by atoms with van der Waals surface area (Å²) in [4.78, 5) is 2.85. The summed E-state index contributed by atoms with van der Waals surface area (Å²) in [7, 11) is 0. The van der Waals surface area contributed by atoms with Gasteiger partial charge in [0.2, 0.25) is 0 Å². The van der Waals surface area contributed by atoms with Crippen molar-refractivity contribution in [2.45, 2.75) is 38.0 Å². The lowest BCUT2D eigenvalue weighted by Gasteiger charge is -2.29. The first-order chi connectivity index (χ1) is 7.81. The Kier molecular flexibility index (Phi) is 3.55. The van der Waals surface area contributed by atoms with E-state index >= 15 is 0 Å². The highest BCUT2D eigenvalue weighted by Gasteiger charge is 2.25. The third kappa shape index (κ3) is 1.84. The number of thioether (sulfide) groups is 1. The maximum absolute atomic E-state index is 2.27. The molecule has 1 aromatic rings. The first kappa shape index (κ1) is 11.5. The van der Waals surface area contributed by atoms with Gasteiger partial charge in [0.25, 0.3) is 0 Å². The van der Waals surface area contributed by atoms with Crippen LogP contribution >= 0.6 is 11.8 Å². The topological polar surface area (TPSA) is 0 Å². The van der Waals surface area contributed by atoms with Crippen LogP contribution in [-0.2, 0) is 0 Å². The molecule has 2 rings (SSSR count). The Morgan fingerprint density at radius 1 is 1.19 bits per heavy atom. The molecule has 0 aliphatic carbocycles. The average Bonchev–Trinajstić information content (AvgIpc) is 2.36. The van der Waals surface area contributed by atoms with E-state index in [-0.39, 0.29) is 0 Å². The minimum atomic E-state index is 0.577. The Morgan fingerprint density at radius 2 is 1.94 bits per heavy atom. The zero-order valence-electron chi connectivity index (χ0n) is 10.2. The van der Waals surface area contributed by atoms with Gasteiger partial charge in [0.15, 0.2) is 0 Å². The number of hydrogen-bond acceptors (Lipinski definition) is 1. The van der Waals surface area contributed by atoms with E-state index in [0.29, 0.717) is 5.92 Å². The van der Waals surface area contributed by atoms with Crippen molar-refractivity contribution in [1.82, 2.24) is 0 Å². The van der Waals surface area contributed by atoms with Gasteiger partial charge in [0, 0.05) is 15.7 Å². The second kappa shape index (κ2) is 4.92. The van der Waals surface area contributed by atoms with Gasteiger partial charge in [-0.05, 0) is 37.5 Å². The van der Waals surface area contributed by atoms with Crippen LogP contribution < -0.4 is 0 Å². The molecular weight excluding hydrogens is 212 g/mol. The third-order valence-electron chi connectivity index (χ3n) is 3.16. The average molecular weight is 230 g/mol. The van der Waals surface area contributed by atoms with Gasteiger partial charge in [-0.15, -0.1) is 0 Å². The largest absolute Gasteiger partial charge is 0.0898 e. The van der Waals surface area contributed by atoms with Crippen molar-refractivity contribution >= 4 is 11.8 Å². The Bertz CT molecular complexity index is 441. The van der Waals surface area contributed by atoms with Crippen LogP contribution in [0, 0.1) is 0 Å². The van der Waals surface area contributed by atoms with E-state index in [1.165, 1.54) is 27.4 Å². The zero-order valence-corrected chi connectivity index (χ0v) is 11.0. The van der Waals surface area contributed by atoms with E-state index in [2.05, 4.69) is 57.2 Å². The van der Waals surface area contributed by atoms with Crippen LogP contribution in [0.2, 0.25) is 0 Å². The minimum absolute atomic E-state index is 0.577. The van der Waals surface area contributed by atoms with Crippen LogP contribution in [0.25, 0.3) is 0 Å². The predicted molar refractivity (Wildman–Crippen MR) is 72.8 cm³/mol. The Labute approximate surface area is 102 Å². The second-order valence-electron chi connectivity index (χ2n) is 4.00. The summed E-state index contributed by atoms with van der Waals surface area (Å²) in [5, 5.41) is 0. The van der Waals surface area contributed by atoms with Crippen LogP contribution in [0.3, 0.4) is 0 Å². The van der Waals surface area contributed by atoms with E-state index in [1.54, 1.807) is 0 Å². The number of benzene rings is 1. The van der Waals surface area contributed by atoms with Crippen molar-refractivity contribution in [3.05, 3.63) is 52.5 Å². The maximum atomic E-state index is 2.27. The van der Waals surface area contributed by atoms with Crippen molar-refractivity contribution in [3.63, 3.8) is 0 Å². The van der Waals surface area contributed by atoms with Gasteiger partial charge >= 0.3 is 0 Å². The molecule has 1 unspecified atom stereocenters. The van der Waals surface area contributed by atoms with Crippen molar-refractivity contribution in [2.75, 3.05) is 0 Å². The lowest BCUT2D eigenvalue weighted by Crippen LogP contribution is -2.09. The van der Waals surface area contributed by atoms with Crippen LogP contribution in [0.4, 0.5) is 0 Å². The minimum Gasteiger partial charge on any atom is -0.0898 e. The lowest BCUT2D eigenvalue weighted by molar-refractivity contribution is 0.751. The van der Waals surface area contributed by atoms with E-state index in [9.17, 15) is 0 Å². The smallest absolute Gasteiger partial charge is 0.0160 e. The first-order valence-corrected chi connectivity index (χ1v) is 6.73.